The monoisotopic (exact) mass is 431 g/mol. The molecule has 0 aliphatic rings. The Kier molecular flexibility index (Phi) is 6.91. The predicted molar refractivity (Wildman–Crippen MR) is 106 cm³/mol. The minimum Gasteiger partial charge on any atom is -0.383 e. The molecule has 2 aromatic rings. The van der Waals surface area contributed by atoms with Crippen LogP contribution < -0.4 is 4.18 Å². The third kappa shape index (κ3) is 5.93. The quantitative estimate of drug-likeness (QED) is 0.595. The van der Waals surface area contributed by atoms with Crippen LogP contribution in [0.25, 0.3) is 0 Å². The Morgan fingerprint density at radius 2 is 1.56 bits per heavy atom. The van der Waals surface area contributed by atoms with E-state index in [1.54, 1.807) is 24.3 Å². The molecule has 0 aromatic heterocycles. The molecule has 0 aliphatic carbocycles. The summed E-state index contributed by atoms with van der Waals surface area (Å²) in [7, 11) is -7.33. The summed E-state index contributed by atoms with van der Waals surface area (Å²) in [5.41, 5.74) is 0.716. The fourth-order valence-electron chi connectivity index (χ4n) is 2.43. The molecule has 0 N–H and O–H groups in total. The summed E-state index contributed by atoms with van der Waals surface area (Å²) in [6, 6.07) is 12.1. The maximum absolute atomic E-state index is 13.1. The van der Waals surface area contributed by atoms with Crippen LogP contribution in [0, 0.1) is 0 Å². The predicted octanol–water partition coefficient (Wildman–Crippen LogP) is 3.67. The number of halogens is 1. The lowest BCUT2D eigenvalue weighted by Crippen LogP contribution is -2.37. The summed E-state index contributed by atoms with van der Waals surface area (Å²) in [4.78, 5) is 0.171. The zero-order chi connectivity index (χ0) is 20.2. The van der Waals surface area contributed by atoms with Crippen LogP contribution in [0.5, 0.6) is 5.75 Å². The van der Waals surface area contributed by atoms with E-state index in [2.05, 4.69) is 0 Å². The van der Waals surface area contributed by atoms with Crippen LogP contribution >= 0.6 is 11.6 Å². The largest absolute Gasteiger partial charge is 0.383 e. The second-order valence-corrected chi connectivity index (χ2v) is 10.1. The topological polar surface area (TPSA) is 80.8 Å². The van der Waals surface area contributed by atoms with Crippen LogP contribution in [0.1, 0.15) is 25.8 Å². The van der Waals surface area contributed by atoms with Gasteiger partial charge in [-0.05, 0) is 55.3 Å². The average Bonchev–Trinajstić information content (AvgIpc) is 2.59. The van der Waals surface area contributed by atoms with Crippen LogP contribution in [-0.4, -0.2) is 33.4 Å². The Labute approximate surface area is 165 Å². The molecular formula is C18H22ClNO5S2. The van der Waals surface area contributed by atoms with Gasteiger partial charge in [0, 0.05) is 17.6 Å². The van der Waals surface area contributed by atoms with Gasteiger partial charge in [0.1, 0.15) is 5.75 Å². The highest BCUT2D eigenvalue weighted by Gasteiger charge is 2.28. The summed E-state index contributed by atoms with van der Waals surface area (Å²) in [6.45, 7) is 3.91. The van der Waals surface area contributed by atoms with Crippen LogP contribution in [0.4, 0.5) is 0 Å². The van der Waals surface area contributed by atoms with Crippen LogP contribution in [0.3, 0.4) is 0 Å². The molecule has 0 radical (unpaired) electrons. The Balaban J connectivity index is 2.30. The number of rotatable bonds is 8. The van der Waals surface area contributed by atoms with E-state index >= 15 is 0 Å². The lowest BCUT2D eigenvalue weighted by Gasteiger charge is -2.28. The maximum Gasteiger partial charge on any atom is 0.306 e. The molecule has 0 heterocycles. The molecule has 1 unspecified atom stereocenters. The first-order valence-corrected chi connectivity index (χ1v) is 11.9. The van der Waals surface area contributed by atoms with E-state index < -0.39 is 20.1 Å². The Morgan fingerprint density at radius 1 is 1.00 bits per heavy atom. The first kappa shape index (κ1) is 21.7. The highest BCUT2D eigenvalue weighted by atomic mass is 35.5. The van der Waals surface area contributed by atoms with Crippen molar-refractivity contribution in [3.63, 3.8) is 0 Å². The Morgan fingerprint density at radius 3 is 2.04 bits per heavy atom. The van der Waals surface area contributed by atoms with E-state index in [9.17, 15) is 16.8 Å². The van der Waals surface area contributed by atoms with Gasteiger partial charge >= 0.3 is 10.1 Å². The number of sulfonamides is 1. The molecule has 6 nitrogen and oxygen atoms in total. The van der Waals surface area contributed by atoms with Crippen molar-refractivity contribution >= 4 is 31.7 Å². The molecule has 0 amide bonds. The Hall–Kier alpha value is -1.61. The van der Waals surface area contributed by atoms with Gasteiger partial charge < -0.3 is 4.18 Å². The normalized spacial score (nSPS) is 13.5. The van der Waals surface area contributed by atoms with E-state index in [1.807, 2.05) is 13.8 Å². The maximum atomic E-state index is 13.1. The van der Waals surface area contributed by atoms with E-state index in [1.165, 1.54) is 28.6 Å². The highest BCUT2D eigenvalue weighted by molar-refractivity contribution is 7.89. The molecule has 2 aromatic carbocycles. The molecule has 1 atom stereocenters. The van der Waals surface area contributed by atoms with E-state index in [0.717, 1.165) is 6.26 Å². The van der Waals surface area contributed by atoms with Gasteiger partial charge in [0.05, 0.1) is 11.2 Å². The number of hydrogen-bond donors (Lipinski definition) is 0. The molecule has 0 aliphatic heterocycles. The molecule has 0 saturated carbocycles. The summed E-state index contributed by atoms with van der Waals surface area (Å²) in [5.74, 6) is 0.178. The molecule has 0 spiro atoms. The standard InChI is InChI=1S/C18H22ClNO5S2/c1-4-14(2)20(27(23,24)18-11-7-16(19)8-12-18)13-15-5-9-17(10-6-15)25-26(3,21)22/h5-12,14H,4,13H2,1-3H3. The molecule has 2 rings (SSSR count). The van der Waals surface area contributed by atoms with E-state index in [0.29, 0.717) is 17.0 Å². The molecule has 148 valence electrons. The molecule has 9 heteroatoms. The van der Waals surface area contributed by atoms with Crippen molar-refractivity contribution in [2.75, 3.05) is 6.26 Å². The molecule has 0 fully saturated rings. The van der Waals surface area contributed by atoms with E-state index in [4.69, 9.17) is 15.8 Å². The van der Waals surface area contributed by atoms with Gasteiger partial charge in [0.15, 0.2) is 0 Å². The van der Waals surface area contributed by atoms with Crippen molar-refractivity contribution in [3.05, 3.63) is 59.1 Å². The second kappa shape index (κ2) is 8.60. The SMILES string of the molecule is CCC(C)N(Cc1ccc(OS(C)(=O)=O)cc1)S(=O)(=O)c1ccc(Cl)cc1. The number of hydrogen-bond acceptors (Lipinski definition) is 5. The minimum atomic E-state index is -3.72. The van der Waals surface area contributed by atoms with E-state index in [-0.39, 0.29) is 23.2 Å². The van der Waals surface area contributed by atoms with Gasteiger partial charge in [-0.15, -0.1) is 0 Å². The summed E-state index contributed by atoms with van der Waals surface area (Å²) in [6.07, 6.45) is 1.60. The van der Waals surface area contributed by atoms with Crippen molar-refractivity contribution in [2.24, 2.45) is 0 Å². The van der Waals surface area contributed by atoms with Gasteiger partial charge in [-0.3, -0.25) is 0 Å². The summed E-state index contributed by atoms with van der Waals surface area (Å²) >= 11 is 5.86. The molecule has 0 saturated heterocycles. The fraction of sp³-hybridized carbons (Fsp3) is 0.333. The summed E-state index contributed by atoms with van der Waals surface area (Å²) < 4.78 is 54.8. The Bertz CT molecular complexity index is 971. The van der Waals surface area contributed by atoms with Gasteiger partial charge in [-0.2, -0.15) is 12.7 Å². The van der Waals surface area contributed by atoms with Gasteiger partial charge in [-0.1, -0.05) is 30.7 Å². The van der Waals surface area contributed by atoms with Crippen LogP contribution in [-0.2, 0) is 26.7 Å². The molecule has 0 bridgehead atoms. The number of nitrogens with zero attached hydrogens (tertiary/aromatic N) is 1. The van der Waals surface area contributed by atoms with Crippen molar-refractivity contribution in [2.45, 2.75) is 37.8 Å². The zero-order valence-electron chi connectivity index (χ0n) is 15.3. The number of benzene rings is 2. The first-order chi connectivity index (χ1) is 12.5. The van der Waals surface area contributed by atoms with Crippen LogP contribution in [0.2, 0.25) is 5.02 Å². The van der Waals surface area contributed by atoms with Crippen molar-refractivity contribution < 1.29 is 21.0 Å². The van der Waals surface area contributed by atoms with Gasteiger partial charge in [0.25, 0.3) is 0 Å². The second-order valence-electron chi connectivity index (χ2n) is 6.19. The highest BCUT2D eigenvalue weighted by Crippen LogP contribution is 2.24. The minimum absolute atomic E-state index is 0.152. The lowest BCUT2D eigenvalue weighted by atomic mass is 10.2. The van der Waals surface area contributed by atoms with Gasteiger partial charge in [0.2, 0.25) is 10.0 Å². The molecular weight excluding hydrogens is 410 g/mol. The van der Waals surface area contributed by atoms with Crippen molar-refractivity contribution in [3.8, 4) is 5.75 Å². The lowest BCUT2D eigenvalue weighted by molar-refractivity contribution is 0.323. The first-order valence-electron chi connectivity index (χ1n) is 8.28. The van der Waals surface area contributed by atoms with Gasteiger partial charge in [-0.25, -0.2) is 8.42 Å². The van der Waals surface area contributed by atoms with Crippen LogP contribution in [0.15, 0.2) is 53.4 Å². The van der Waals surface area contributed by atoms with Crippen molar-refractivity contribution in [1.29, 1.82) is 0 Å². The molecule has 27 heavy (non-hydrogen) atoms. The third-order valence-electron chi connectivity index (χ3n) is 4.01. The zero-order valence-corrected chi connectivity index (χ0v) is 17.7. The fourth-order valence-corrected chi connectivity index (χ4v) is 4.71. The summed E-state index contributed by atoms with van der Waals surface area (Å²) in [5, 5.41) is 0.463. The third-order valence-corrected chi connectivity index (χ3v) is 6.73. The van der Waals surface area contributed by atoms with Crippen molar-refractivity contribution in [1.82, 2.24) is 4.31 Å². The smallest absolute Gasteiger partial charge is 0.306 e. The average molecular weight is 432 g/mol.